The van der Waals surface area contributed by atoms with Gasteiger partial charge in [-0.25, -0.2) is 4.79 Å². The molecule has 1 aliphatic rings. The molecule has 88 valence electrons. The van der Waals surface area contributed by atoms with Crippen LogP contribution in [0, 0.1) is 5.92 Å². The Bertz CT molecular complexity index is 216. The van der Waals surface area contributed by atoms with Crippen LogP contribution in [-0.2, 0) is 9.47 Å². The van der Waals surface area contributed by atoms with Crippen molar-refractivity contribution in [2.24, 2.45) is 5.92 Å². The molecule has 1 N–H and O–H groups in total. The van der Waals surface area contributed by atoms with Crippen LogP contribution >= 0.6 is 0 Å². The minimum Gasteiger partial charge on any atom is -0.444 e. The third-order valence-corrected chi connectivity index (χ3v) is 2.42. The van der Waals surface area contributed by atoms with Gasteiger partial charge in [0.25, 0.3) is 0 Å². The fourth-order valence-electron chi connectivity index (χ4n) is 1.56. The van der Waals surface area contributed by atoms with Crippen molar-refractivity contribution in [3.05, 3.63) is 0 Å². The number of carbonyl (C=O) groups excluding carboxylic acids is 1. The average molecular weight is 215 g/mol. The summed E-state index contributed by atoms with van der Waals surface area (Å²) in [6.07, 6.45) is 0.665. The Kier molecular flexibility index (Phi) is 3.97. The maximum absolute atomic E-state index is 11.5. The van der Waals surface area contributed by atoms with E-state index in [0.717, 1.165) is 19.6 Å². The Morgan fingerprint density at radius 3 is 2.67 bits per heavy atom. The number of hydrogen-bond acceptors (Lipinski definition) is 3. The van der Waals surface area contributed by atoms with Crippen LogP contribution in [0.3, 0.4) is 0 Å². The van der Waals surface area contributed by atoms with Crippen molar-refractivity contribution in [1.82, 2.24) is 5.32 Å². The van der Waals surface area contributed by atoms with Crippen molar-refractivity contribution in [1.29, 1.82) is 0 Å². The Hall–Kier alpha value is -0.770. The molecule has 1 heterocycles. The summed E-state index contributed by atoms with van der Waals surface area (Å²) in [5, 5.41) is 2.84. The molecule has 4 nitrogen and oxygen atoms in total. The topological polar surface area (TPSA) is 47.6 Å². The lowest BCUT2D eigenvalue weighted by Crippen LogP contribution is -2.41. The first-order valence-corrected chi connectivity index (χ1v) is 5.46. The zero-order valence-electron chi connectivity index (χ0n) is 10.0. The molecule has 0 aliphatic carbocycles. The van der Waals surface area contributed by atoms with Gasteiger partial charge in [-0.15, -0.1) is 0 Å². The third-order valence-electron chi connectivity index (χ3n) is 2.42. The smallest absolute Gasteiger partial charge is 0.407 e. The number of ether oxygens (including phenoxy) is 2. The summed E-state index contributed by atoms with van der Waals surface area (Å²) in [6, 6.07) is 0.113. The van der Waals surface area contributed by atoms with Crippen LogP contribution < -0.4 is 5.32 Å². The summed E-state index contributed by atoms with van der Waals surface area (Å²) in [5.74, 6) is 0.414. The highest BCUT2D eigenvalue weighted by molar-refractivity contribution is 5.68. The highest BCUT2D eigenvalue weighted by Gasteiger charge is 2.25. The van der Waals surface area contributed by atoms with E-state index < -0.39 is 5.60 Å². The zero-order valence-corrected chi connectivity index (χ0v) is 10.0. The molecule has 1 rings (SSSR count). The standard InChI is InChI=1S/C11H21NO3/c1-8(9-5-6-14-7-9)12-10(13)15-11(2,3)4/h8-9H,5-7H2,1-4H3,(H,12,13). The van der Waals surface area contributed by atoms with Crippen LogP contribution in [-0.4, -0.2) is 30.9 Å². The molecule has 0 bridgehead atoms. The number of amides is 1. The summed E-state index contributed by atoms with van der Waals surface area (Å²) in [5.41, 5.74) is -0.435. The molecule has 15 heavy (non-hydrogen) atoms. The van der Waals surface area contributed by atoms with E-state index in [9.17, 15) is 4.79 Å². The molecule has 1 fully saturated rings. The van der Waals surface area contributed by atoms with E-state index in [0.29, 0.717) is 5.92 Å². The molecule has 1 aliphatic heterocycles. The van der Waals surface area contributed by atoms with Crippen LogP contribution in [0.5, 0.6) is 0 Å². The molecule has 1 amide bonds. The van der Waals surface area contributed by atoms with E-state index in [4.69, 9.17) is 9.47 Å². The first kappa shape index (κ1) is 12.3. The van der Waals surface area contributed by atoms with E-state index in [-0.39, 0.29) is 12.1 Å². The van der Waals surface area contributed by atoms with Crippen LogP contribution in [0.4, 0.5) is 4.79 Å². The summed E-state index contributed by atoms with van der Waals surface area (Å²) in [4.78, 5) is 11.5. The van der Waals surface area contributed by atoms with Gasteiger partial charge < -0.3 is 14.8 Å². The number of hydrogen-bond donors (Lipinski definition) is 1. The van der Waals surface area contributed by atoms with Crippen molar-refractivity contribution in [2.75, 3.05) is 13.2 Å². The Balaban J connectivity index is 2.30. The second-order valence-electron chi connectivity index (χ2n) is 5.06. The third kappa shape index (κ3) is 4.51. The van der Waals surface area contributed by atoms with Crippen molar-refractivity contribution >= 4 is 6.09 Å². The molecular formula is C11H21NO3. The predicted octanol–water partition coefficient (Wildman–Crippen LogP) is 1.94. The molecule has 0 radical (unpaired) electrons. The van der Waals surface area contributed by atoms with Crippen molar-refractivity contribution in [3.63, 3.8) is 0 Å². The van der Waals surface area contributed by atoms with Gasteiger partial charge in [-0.3, -0.25) is 0 Å². The fraction of sp³-hybridized carbons (Fsp3) is 0.909. The summed E-state index contributed by atoms with van der Waals surface area (Å²) in [7, 11) is 0. The lowest BCUT2D eigenvalue weighted by atomic mass is 10.0. The van der Waals surface area contributed by atoms with Gasteiger partial charge in [-0.2, -0.15) is 0 Å². The van der Waals surface area contributed by atoms with E-state index in [1.165, 1.54) is 0 Å². The van der Waals surface area contributed by atoms with E-state index in [1.807, 2.05) is 27.7 Å². The molecule has 2 atom stereocenters. The van der Waals surface area contributed by atoms with Gasteiger partial charge in [0.15, 0.2) is 0 Å². The van der Waals surface area contributed by atoms with Gasteiger partial charge in [0.05, 0.1) is 6.61 Å². The molecule has 4 heteroatoms. The number of alkyl carbamates (subject to hydrolysis) is 1. The van der Waals surface area contributed by atoms with Crippen molar-refractivity contribution in [3.8, 4) is 0 Å². The van der Waals surface area contributed by atoms with Crippen molar-refractivity contribution in [2.45, 2.75) is 45.8 Å². The van der Waals surface area contributed by atoms with Gasteiger partial charge in [0.2, 0.25) is 0 Å². The number of nitrogens with one attached hydrogen (secondary N) is 1. The number of carbonyl (C=O) groups is 1. The Morgan fingerprint density at radius 2 is 2.20 bits per heavy atom. The van der Waals surface area contributed by atoms with Crippen LogP contribution in [0.1, 0.15) is 34.1 Å². The van der Waals surface area contributed by atoms with Crippen LogP contribution in [0.2, 0.25) is 0 Å². The number of rotatable bonds is 2. The van der Waals surface area contributed by atoms with Crippen molar-refractivity contribution < 1.29 is 14.3 Å². The average Bonchev–Trinajstić information content (AvgIpc) is 2.50. The van der Waals surface area contributed by atoms with Gasteiger partial charge >= 0.3 is 6.09 Å². The highest BCUT2D eigenvalue weighted by atomic mass is 16.6. The Labute approximate surface area is 91.3 Å². The molecule has 0 aromatic rings. The second kappa shape index (κ2) is 4.84. The molecule has 0 saturated carbocycles. The second-order valence-corrected chi connectivity index (χ2v) is 5.06. The summed E-state index contributed by atoms with van der Waals surface area (Å²) >= 11 is 0. The normalized spacial score (nSPS) is 23.6. The van der Waals surface area contributed by atoms with Gasteiger partial charge in [0, 0.05) is 18.6 Å². The van der Waals surface area contributed by atoms with Gasteiger partial charge in [0.1, 0.15) is 5.60 Å². The maximum atomic E-state index is 11.5. The summed E-state index contributed by atoms with van der Waals surface area (Å²) < 4.78 is 10.4. The SMILES string of the molecule is CC(NC(=O)OC(C)(C)C)C1CCOC1. The molecule has 0 aromatic carbocycles. The zero-order chi connectivity index (χ0) is 11.5. The van der Waals surface area contributed by atoms with E-state index in [1.54, 1.807) is 0 Å². The predicted molar refractivity (Wildman–Crippen MR) is 57.8 cm³/mol. The lowest BCUT2D eigenvalue weighted by Gasteiger charge is -2.24. The Morgan fingerprint density at radius 1 is 1.53 bits per heavy atom. The molecule has 1 saturated heterocycles. The van der Waals surface area contributed by atoms with Gasteiger partial charge in [-0.1, -0.05) is 0 Å². The maximum Gasteiger partial charge on any atom is 0.407 e. The first-order chi connectivity index (χ1) is 6.88. The van der Waals surface area contributed by atoms with E-state index in [2.05, 4.69) is 5.32 Å². The van der Waals surface area contributed by atoms with E-state index >= 15 is 0 Å². The monoisotopic (exact) mass is 215 g/mol. The fourth-order valence-corrected chi connectivity index (χ4v) is 1.56. The molecule has 0 aromatic heterocycles. The van der Waals surface area contributed by atoms with Crippen LogP contribution in [0.15, 0.2) is 0 Å². The largest absolute Gasteiger partial charge is 0.444 e. The summed E-state index contributed by atoms with van der Waals surface area (Å²) in [6.45, 7) is 9.09. The minimum absolute atomic E-state index is 0.113. The molecular weight excluding hydrogens is 194 g/mol. The minimum atomic E-state index is -0.435. The lowest BCUT2D eigenvalue weighted by molar-refractivity contribution is 0.0489. The molecule has 2 unspecified atom stereocenters. The quantitative estimate of drug-likeness (QED) is 0.765. The highest BCUT2D eigenvalue weighted by Crippen LogP contribution is 2.16. The van der Waals surface area contributed by atoms with Gasteiger partial charge in [-0.05, 0) is 34.1 Å². The molecule has 0 spiro atoms. The first-order valence-electron chi connectivity index (χ1n) is 5.46. The van der Waals surface area contributed by atoms with Crippen LogP contribution in [0.25, 0.3) is 0 Å².